The predicted octanol–water partition coefficient (Wildman–Crippen LogP) is 4.71. The molecule has 6 heterocycles. The van der Waals surface area contributed by atoms with Gasteiger partial charge in [-0.1, -0.05) is 12.1 Å². The molecule has 4 aromatic rings. The Morgan fingerprint density at radius 1 is 0.972 bits per heavy atom. The lowest BCUT2D eigenvalue weighted by Crippen LogP contribution is -2.53. The summed E-state index contributed by atoms with van der Waals surface area (Å²) in [5.41, 5.74) is 3.80. The standard InChI is InChI=1S/C28H31FN6O/c29-19-14-18-22(15-24(19)35-10-4-1-5-11-35)33-28(36)25(27-31-20-6-2-3-7-21(20)32-27)26(18)30-23-16-34-12-8-17(23)9-13-34/h2-3,6-7,14-15,17,23H,1,4-5,8-13,16H2,(H,31,32)(H2,30,33,36)/t23-/m1/s1. The Labute approximate surface area is 208 Å². The summed E-state index contributed by atoms with van der Waals surface area (Å²) in [6.45, 7) is 4.88. The summed E-state index contributed by atoms with van der Waals surface area (Å²) in [6, 6.07) is 11.4. The average Bonchev–Trinajstić information content (AvgIpc) is 3.34. The summed E-state index contributed by atoms with van der Waals surface area (Å²) in [5.74, 6) is 0.804. The fourth-order valence-corrected chi connectivity index (χ4v) is 6.44. The monoisotopic (exact) mass is 486 g/mol. The fourth-order valence-electron chi connectivity index (χ4n) is 6.44. The van der Waals surface area contributed by atoms with Gasteiger partial charge in [0.15, 0.2) is 0 Å². The molecule has 4 aliphatic heterocycles. The van der Waals surface area contributed by atoms with Crippen molar-refractivity contribution in [3.05, 3.63) is 52.6 Å². The first-order chi connectivity index (χ1) is 17.6. The summed E-state index contributed by atoms with van der Waals surface area (Å²) < 4.78 is 15.6. The van der Waals surface area contributed by atoms with Gasteiger partial charge in [0, 0.05) is 31.1 Å². The summed E-state index contributed by atoms with van der Waals surface area (Å²) >= 11 is 0. The number of aromatic amines is 2. The van der Waals surface area contributed by atoms with Crippen LogP contribution < -0.4 is 15.8 Å². The predicted molar refractivity (Wildman–Crippen MR) is 142 cm³/mol. The maximum absolute atomic E-state index is 15.6. The van der Waals surface area contributed by atoms with Gasteiger partial charge in [-0.15, -0.1) is 0 Å². The van der Waals surface area contributed by atoms with Crippen LogP contribution in [0.25, 0.3) is 33.3 Å². The number of para-hydroxylation sites is 2. The molecule has 186 valence electrons. The van der Waals surface area contributed by atoms with Crippen LogP contribution in [-0.4, -0.2) is 58.6 Å². The third kappa shape index (κ3) is 3.66. The minimum Gasteiger partial charge on any atom is -0.379 e. The molecular formula is C28H31FN6O. The van der Waals surface area contributed by atoms with E-state index in [-0.39, 0.29) is 17.4 Å². The number of hydrogen-bond acceptors (Lipinski definition) is 5. The number of halogens is 1. The molecule has 0 radical (unpaired) electrons. The smallest absolute Gasteiger partial charge is 0.261 e. The van der Waals surface area contributed by atoms with E-state index < -0.39 is 0 Å². The van der Waals surface area contributed by atoms with Crippen molar-refractivity contribution in [2.24, 2.45) is 5.92 Å². The lowest BCUT2D eigenvalue weighted by molar-refractivity contribution is 0.0976. The molecule has 7 nitrogen and oxygen atoms in total. The number of imidazole rings is 1. The molecule has 4 fully saturated rings. The van der Waals surface area contributed by atoms with Crippen molar-refractivity contribution in [1.29, 1.82) is 0 Å². The number of anilines is 2. The Hall–Kier alpha value is -3.39. The van der Waals surface area contributed by atoms with E-state index in [1.807, 2.05) is 30.3 Å². The van der Waals surface area contributed by atoms with Gasteiger partial charge in [-0.2, -0.15) is 0 Å². The number of pyridine rings is 1. The van der Waals surface area contributed by atoms with Crippen LogP contribution in [0.4, 0.5) is 15.8 Å². The van der Waals surface area contributed by atoms with E-state index in [0.717, 1.165) is 69.4 Å². The van der Waals surface area contributed by atoms with E-state index in [0.29, 0.717) is 39.6 Å². The second-order valence-electron chi connectivity index (χ2n) is 10.6. The molecule has 0 amide bonds. The Bertz CT molecular complexity index is 1460. The van der Waals surface area contributed by atoms with Crippen molar-refractivity contribution >= 4 is 33.3 Å². The molecule has 0 aliphatic carbocycles. The highest BCUT2D eigenvalue weighted by Crippen LogP contribution is 2.37. The zero-order chi connectivity index (χ0) is 24.2. The van der Waals surface area contributed by atoms with Gasteiger partial charge in [0.2, 0.25) is 0 Å². The van der Waals surface area contributed by atoms with Crippen LogP contribution >= 0.6 is 0 Å². The van der Waals surface area contributed by atoms with Crippen LogP contribution in [0.1, 0.15) is 32.1 Å². The lowest BCUT2D eigenvalue weighted by Gasteiger charge is -2.45. The average molecular weight is 487 g/mol. The molecule has 2 aromatic carbocycles. The third-order valence-electron chi connectivity index (χ3n) is 8.39. The molecule has 0 spiro atoms. The number of piperidine rings is 4. The number of benzene rings is 2. The molecular weight excluding hydrogens is 455 g/mol. The molecule has 8 heteroatoms. The Morgan fingerprint density at radius 3 is 2.53 bits per heavy atom. The summed E-state index contributed by atoms with van der Waals surface area (Å²) in [4.78, 5) is 29.3. The number of fused-ring (bicyclic) bond motifs is 5. The van der Waals surface area contributed by atoms with Gasteiger partial charge in [0.1, 0.15) is 17.2 Å². The van der Waals surface area contributed by atoms with E-state index in [9.17, 15) is 4.79 Å². The summed E-state index contributed by atoms with van der Waals surface area (Å²) in [5, 5.41) is 4.43. The van der Waals surface area contributed by atoms with Crippen LogP contribution in [0.3, 0.4) is 0 Å². The van der Waals surface area contributed by atoms with Gasteiger partial charge >= 0.3 is 0 Å². The van der Waals surface area contributed by atoms with E-state index in [1.54, 1.807) is 6.07 Å². The van der Waals surface area contributed by atoms with Gasteiger partial charge in [0.25, 0.3) is 5.56 Å². The van der Waals surface area contributed by atoms with Crippen molar-refractivity contribution in [3.8, 4) is 11.4 Å². The van der Waals surface area contributed by atoms with E-state index in [2.05, 4.69) is 25.1 Å². The highest BCUT2D eigenvalue weighted by molar-refractivity contribution is 6.00. The van der Waals surface area contributed by atoms with E-state index >= 15 is 4.39 Å². The molecule has 0 unspecified atom stereocenters. The maximum atomic E-state index is 15.6. The molecule has 3 N–H and O–H groups in total. The molecule has 36 heavy (non-hydrogen) atoms. The van der Waals surface area contributed by atoms with Gasteiger partial charge in [-0.25, -0.2) is 9.37 Å². The van der Waals surface area contributed by atoms with Crippen LogP contribution in [0, 0.1) is 11.7 Å². The van der Waals surface area contributed by atoms with Crippen molar-refractivity contribution in [2.75, 3.05) is 42.9 Å². The molecule has 4 saturated heterocycles. The zero-order valence-corrected chi connectivity index (χ0v) is 20.3. The van der Waals surface area contributed by atoms with Gasteiger partial charge in [-0.05, 0) is 75.4 Å². The summed E-state index contributed by atoms with van der Waals surface area (Å²) in [6.07, 6.45) is 5.59. The first kappa shape index (κ1) is 21.9. The van der Waals surface area contributed by atoms with Crippen LogP contribution in [0.2, 0.25) is 0 Å². The zero-order valence-electron chi connectivity index (χ0n) is 20.3. The molecule has 1 atom stereocenters. The number of hydrogen-bond donors (Lipinski definition) is 3. The normalized spacial score (nSPS) is 24.0. The number of aromatic nitrogens is 3. The number of nitrogens with zero attached hydrogens (tertiary/aromatic N) is 3. The number of H-pyrrole nitrogens is 2. The quantitative estimate of drug-likeness (QED) is 0.389. The van der Waals surface area contributed by atoms with Crippen molar-refractivity contribution in [1.82, 2.24) is 19.9 Å². The summed E-state index contributed by atoms with van der Waals surface area (Å²) in [7, 11) is 0. The highest BCUT2D eigenvalue weighted by Gasteiger charge is 2.35. The minimum atomic E-state index is -0.246. The first-order valence-electron chi connectivity index (χ1n) is 13.2. The number of nitrogens with one attached hydrogen (secondary N) is 3. The highest BCUT2D eigenvalue weighted by atomic mass is 19.1. The number of rotatable bonds is 4. The molecule has 2 aromatic heterocycles. The third-order valence-corrected chi connectivity index (χ3v) is 8.39. The van der Waals surface area contributed by atoms with E-state index in [4.69, 9.17) is 4.98 Å². The largest absolute Gasteiger partial charge is 0.379 e. The molecule has 0 saturated carbocycles. The van der Waals surface area contributed by atoms with Gasteiger partial charge in [-0.3, -0.25) is 4.79 Å². The molecule has 4 aliphatic rings. The second-order valence-corrected chi connectivity index (χ2v) is 10.6. The van der Waals surface area contributed by atoms with Crippen LogP contribution in [0.5, 0.6) is 0 Å². The van der Waals surface area contributed by atoms with E-state index in [1.165, 1.54) is 6.42 Å². The molecule has 2 bridgehead atoms. The Morgan fingerprint density at radius 2 is 1.78 bits per heavy atom. The van der Waals surface area contributed by atoms with Crippen molar-refractivity contribution in [2.45, 2.75) is 38.1 Å². The second kappa shape index (κ2) is 8.62. The molecule has 8 rings (SSSR count). The SMILES string of the molecule is O=c1[nH]c2cc(N3CCCCC3)c(F)cc2c(N[C@@H]2CN3CCC2CC3)c1-c1nc2ccccc2[nH]1. The fraction of sp³-hybridized carbons (Fsp3) is 0.429. The maximum Gasteiger partial charge on any atom is 0.261 e. The Balaban J connectivity index is 1.41. The topological polar surface area (TPSA) is 80.1 Å². The minimum absolute atomic E-state index is 0.213. The van der Waals surface area contributed by atoms with Gasteiger partial charge in [0.05, 0.1) is 27.9 Å². The first-order valence-corrected chi connectivity index (χ1v) is 13.2. The lowest BCUT2D eigenvalue weighted by atomic mass is 9.83. The van der Waals surface area contributed by atoms with Crippen molar-refractivity contribution in [3.63, 3.8) is 0 Å². The van der Waals surface area contributed by atoms with Crippen LogP contribution in [0.15, 0.2) is 41.2 Å². The van der Waals surface area contributed by atoms with Gasteiger partial charge < -0.3 is 25.1 Å². The van der Waals surface area contributed by atoms with Crippen molar-refractivity contribution < 1.29 is 4.39 Å². The van der Waals surface area contributed by atoms with Crippen LogP contribution in [-0.2, 0) is 0 Å². The Kier molecular flexibility index (Phi) is 5.23.